The Labute approximate surface area is 96.4 Å². The van der Waals surface area contributed by atoms with Gasteiger partial charge in [-0.2, -0.15) is 0 Å². The minimum Gasteiger partial charge on any atom is -0.480 e. The molecule has 1 atom stereocenters. The van der Waals surface area contributed by atoms with Crippen LogP contribution in [0.3, 0.4) is 0 Å². The molecule has 16 heavy (non-hydrogen) atoms. The number of amides is 1. The van der Waals surface area contributed by atoms with Gasteiger partial charge >= 0.3 is 5.97 Å². The number of carbonyl (C=O) groups is 2. The van der Waals surface area contributed by atoms with Crippen molar-refractivity contribution in [1.82, 2.24) is 5.32 Å². The van der Waals surface area contributed by atoms with E-state index in [1.165, 1.54) is 0 Å². The third kappa shape index (κ3) is 6.88. The molecule has 1 amide bonds. The molecule has 0 spiro atoms. The van der Waals surface area contributed by atoms with E-state index in [0.717, 1.165) is 12.8 Å². The molecule has 0 aromatic rings. The molecule has 0 rings (SSSR count). The molecule has 0 saturated carbocycles. The summed E-state index contributed by atoms with van der Waals surface area (Å²) in [7, 11) is 0. The zero-order valence-electron chi connectivity index (χ0n) is 9.66. The van der Waals surface area contributed by atoms with Crippen molar-refractivity contribution in [3.8, 4) is 12.3 Å². The minimum absolute atomic E-state index is 0.210. The highest BCUT2D eigenvalue weighted by Crippen LogP contribution is 2.01. The van der Waals surface area contributed by atoms with Crippen molar-refractivity contribution in [3.05, 3.63) is 0 Å². The molecule has 0 aliphatic carbocycles. The van der Waals surface area contributed by atoms with Crippen LogP contribution in [0.15, 0.2) is 0 Å². The van der Waals surface area contributed by atoms with Gasteiger partial charge in [0.1, 0.15) is 6.04 Å². The number of hydrogen-bond acceptors (Lipinski definition) is 2. The summed E-state index contributed by atoms with van der Waals surface area (Å²) in [5.41, 5.74) is 0. The van der Waals surface area contributed by atoms with E-state index in [0.29, 0.717) is 25.7 Å². The van der Waals surface area contributed by atoms with Crippen molar-refractivity contribution in [1.29, 1.82) is 0 Å². The van der Waals surface area contributed by atoms with Crippen LogP contribution in [0.4, 0.5) is 0 Å². The van der Waals surface area contributed by atoms with Gasteiger partial charge in [-0.3, -0.25) is 4.79 Å². The fraction of sp³-hybridized carbons (Fsp3) is 0.667. The number of carbonyl (C=O) groups excluding carboxylic acids is 1. The molecule has 2 N–H and O–H groups in total. The lowest BCUT2D eigenvalue weighted by atomic mass is 10.1. The van der Waals surface area contributed by atoms with Crippen molar-refractivity contribution < 1.29 is 14.7 Å². The summed E-state index contributed by atoms with van der Waals surface area (Å²) in [5, 5.41) is 11.3. The smallest absolute Gasteiger partial charge is 0.326 e. The number of hydrogen-bond donors (Lipinski definition) is 2. The van der Waals surface area contributed by atoms with Crippen molar-refractivity contribution in [2.24, 2.45) is 0 Å². The molecular formula is C12H19NO3. The molecule has 0 fully saturated rings. The standard InChI is InChI=1S/C12H19NO3/c1-3-5-6-7-9-11(14)13-10(8-4-2)12(15)16/h1,10H,4-9H2,2H3,(H,13,14)(H,15,16). The van der Waals surface area contributed by atoms with E-state index >= 15 is 0 Å². The first-order chi connectivity index (χ1) is 7.61. The van der Waals surface area contributed by atoms with Crippen molar-refractivity contribution in [3.63, 3.8) is 0 Å². The normalized spacial score (nSPS) is 11.5. The van der Waals surface area contributed by atoms with Gasteiger partial charge in [-0.25, -0.2) is 4.79 Å². The van der Waals surface area contributed by atoms with E-state index in [2.05, 4.69) is 11.2 Å². The zero-order valence-corrected chi connectivity index (χ0v) is 9.66. The lowest BCUT2D eigenvalue weighted by Crippen LogP contribution is -2.40. The summed E-state index contributed by atoms with van der Waals surface area (Å²) in [4.78, 5) is 22.1. The average Bonchev–Trinajstić information content (AvgIpc) is 2.23. The summed E-state index contributed by atoms with van der Waals surface area (Å²) in [6.45, 7) is 1.88. The fourth-order valence-corrected chi connectivity index (χ4v) is 1.33. The van der Waals surface area contributed by atoms with Crippen LogP contribution in [-0.4, -0.2) is 23.0 Å². The number of unbranched alkanes of at least 4 members (excludes halogenated alkanes) is 2. The molecule has 0 aromatic carbocycles. The second-order valence-electron chi connectivity index (χ2n) is 3.66. The summed E-state index contributed by atoms with van der Waals surface area (Å²) >= 11 is 0. The second kappa shape index (κ2) is 8.78. The third-order valence-corrected chi connectivity index (χ3v) is 2.19. The highest BCUT2D eigenvalue weighted by molar-refractivity contribution is 5.83. The van der Waals surface area contributed by atoms with Crippen LogP contribution in [0.1, 0.15) is 45.4 Å². The summed E-state index contributed by atoms with van der Waals surface area (Å²) in [6, 6.07) is -0.759. The molecular weight excluding hydrogens is 206 g/mol. The van der Waals surface area contributed by atoms with Gasteiger partial charge in [-0.05, 0) is 19.3 Å². The van der Waals surface area contributed by atoms with Crippen molar-refractivity contribution in [2.75, 3.05) is 0 Å². The van der Waals surface area contributed by atoms with Crippen LogP contribution in [-0.2, 0) is 9.59 Å². The van der Waals surface area contributed by atoms with Crippen molar-refractivity contribution >= 4 is 11.9 Å². The van der Waals surface area contributed by atoms with E-state index in [1.807, 2.05) is 6.92 Å². The van der Waals surface area contributed by atoms with Gasteiger partial charge in [0.25, 0.3) is 0 Å². The van der Waals surface area contributed by atoms with E-state index in [1.54, 1.807) is 0 Å². The number of aliphatic carboxylic acids is 1. The molecule has 1 unspecified atom stereocenters. The topological polar surface area (TPSA) is 66.4 Å². The maximum Gasteiger partial charge on any atom is 0.326 e. The minimum atomic E-state index is -0.973. The summed E-state index contributed by atoms with van der Waals surface area (Å²) in [6.07, 6.45) is 8.78. The zero-order chi connectivity index (χ0) is 12.4. The predicted octanol–water partition coefficient (Wildman–Crippen LogP) is 1.55. The van der Waals surface area contributed by atoms with Gasteiger partial charge in [0.2, 0.25) is 5.91 Å². The fourth-order valence-electron chi connectivity index (χ4n) is 1.33. The Morgan fingerprint density at radius 3 is 2.62 bits per heavy atom. The van der Waals surface area contributed by atoms with Gasteiger partial charge in [0, 0.05) is 12.8 Å². The number of carboxylic acid groups (broad SMARTS) is 1. The van der Waals surface area contributed by atoms with Crippen LogP contribution >= 0.6 is 0 Å². The number of carboxylic acids is 1. The summed E-state index contributed by atoms with van der Waals surface area (Å²) < 4.78 is 0. The maximum atomic E-state index is 11.4. The largest absolute Gasteiger partial charge is 0.480 e. The summed E-state index contributed by atoms with van der Waals surface area (Å²) in [5.74, 6) is 1.31. The van der Waals surface area contributed by atoms with E-state index in [9.17, 15) is 9.59 Å². The van der Waals surface area contributed by atoms with Crippen LogP contribution < -0.4 is 5.32 Å². The maximum absolute atomic E-state index is 11.4. The second-order valence-corrected chi connectivity index (χ2v) is 3.66. The lowest BCUT2D eigenvalue weighted by molar-refractivity contribution is -0.142. The van der Waals surface area contributed by atoms with Gasteiger partial charge in [0.05, 0.1) is 0 Å². The Balaban J connectivity index is 3.83. The number of nitrogens with one attached hydrogen (secondary N) is 1. The average molecular weight is 225 g/mol. The third-order valence-electron chi connectivity index (χ3n) is 2.19. The Bertz CT molecular complexity index is 268. The monoisotopic (exact) mass is 225 g/mol. The van der Waals surface area contributed by atoms with Gasteiger partial charge in [-0.1, -0.05) is 13.3 Å². The molecule has 0 radical (unpaired) electrons. The lowest BCUT2D eigenvalue weighted by Gasteiger charge is -2.13. The molecule has 0 aliphatic rings. The molecule has 0 heterocycles. The molecule has 0 aromatic heterocycles. The van der Waals surface area contributed by atoms with Gasteiger partial charge in [0.15, 0.2) is 0 Å². The molecule has 90 valence electrons. The SMILES string of the molecule is C#CCCCCC(=O)NC(CCC)C(=O)O. The molecule has 0 aliphatic heterocycles. The Hall–Kier alpha value is -1.50. The first-order valence-electron chi connectivity index (χ1n) is 5.57. The van der Waals surface area contributed by atoms with Crippen molar-refractivity contribution in [2.45, 2.75) is 51.5 Å². The molecule has 4 heteroatoms. The van der Waals surface area contributed by atoms with Gasteiger partial charge < -0.3 is 10.4 Å². The van der Waals surface area contributed by atoms with Crippen LogP contribution in [0.5, 0.6) is 0 Å². The molecule has 0 bridgehead atoms. The van der Waals surface area contributed by atoms with Crippen LogP contribution in [0.25, 0.3) is 0 Å². The molecule has 4 nitrogen and oxygen atoms in total. The Kier molecular flexibility index (Phi) is 7.96. The highest BCUT2D eigenvalue weighted by atomic mass is 16.4. The van der Waals surface area contributed by atoms with E-state index < -0.39 is 12.0 Å². The van der Waals surface area contributed by atoms with Crippen LogP contribution in [0.2, 0.25) is 0 Å². The highest BCUT2D eigenvalue weighted by Gasteiger charge is 2.17. The molecule has 0 saturated heterocycles. The van der Waals surface area contributed by atoms with Crippen LogP contribution in [0, 0.1) is 12.3 Å². The number of rotatable bonds is 8. The predicted molar refractivity (Wildman–Crippen MR) is 61.8 cm³/mol. The van der Waals surface area contributed by atoms with E-state index in [-0.39, 0.29) is 5.91 Å². The Morgan fingerprint density at radius 2 is 2.12 bits per heavy atom. The first-order valence-corrected chi connectivity index (χ1v) is 5.57. The van der Waals surface area contributed by atoms with Gasteiger partial charge in [-0.15, -0.1) is 12.3 Å². The first kappa shape index (κ1) is 14.5. The quantitative estimate of drug-likeness (QED) is 0.486. The van der Waals surface area contributed by atoms with E-state index in [4.69, 9.17) is 11.5 Å². The Morgan fingerprint density at radius 1 is 1.44 bits per heavy atom. The number of terminal acetylenes is 1.